The first kappa shape index (κ1) is 24.5. The van der Waals surface area contributed by atoms with Crippen molar-refractivity contribution in [3.63, 3.8) is 0 Å². The highest BCUT2D eigenvalue weighted by molar-refractivity contribution is 6.04. The Labute approximate surface area is 200 Å². The lowest BCUT2D eigenvalue weighted by Gasteiger charge is -2.30. The van der Waals surface area contributed by atoms with Crippen molar-refractivity contribution < 1.29 is 22.8 Å². The van der Waals surface area contributed by atoms with Crippen molar-refractivity contribution in [2.75, 3.05) is 25.0 Å². The number of hydrogen-bond acceptors (Lipinski definition) is 4. The third kappa shape index (κ3) is 6.27. The minimum atomic E-state index is -4.51. The molecular weight excluding hydrogens is 459 g/mol. The first-order valence-corrected chi connectivity index (χ1v) is 11.3. The molecule has 0 atom stereocenters. The number of nitrogens with one attached hydrogen (secondary N) is 1. The summed E-state index contributed by atoms with van der Waals surface area (Å²) in [5, 5.41) is 6.35. The molecule has 35 heavy (non-hydrogen) atoms. The second kappa shape index (κ2) is 10.3. The van der Waals surface area contributed by atoms with Crippen molar-refractivity contribution in [1.29, 1.82) is 0 Å². The van der Waals surface area contributed by atoms with Gasteiger partial charge in [-0.3, -0.25) is 9.59 Å². The highest BCUT2D eigenvalue weighted by Crippen LogP contribution is 2.28. The summed E-state index contributed by atoms with van der Waals surface area (Å²) in [5.74, 6) is -0.549. The van der Waals surface area contributed by atoms with Gasteiger partial charge in [-0.1, -0.05) is 12.1 Å². The maximum atomic E-state index is 12.7. The van der Waals surface area contributed by atoms with Gasteiger partial charge in [-0.05, 0) is 80.4 Å². The largest absolute Gasteiger partial charge is 0.435 e. The predicted molar refractivity (Wildman–Crippen MR) is 125 cm³/mol. The fourth-order valence-corrected chi connectivity index (χ4v) is 4.07. The monoisotopic (exact) mass is 485 g/mol. The second-order valence-electron chi connectivity index (χ2n) is 8.61. The fraction of sp³-hybridized carbons (Fsp3) is 0.320. The minimum Gasteiger partial charge on any atom is -0.369 e. The van der Waals surface area contributed by atoms with E-state index in [4.69, 9.17) is 5.73 Å². The smallest absolute Gasteiger partial charge is 0.369 e. The lowest BCUT2D eigenvalue weighted by Crippen LogP contribution is -2.39. The molecule has 2 aromatic carbocycles. The number of hydrogen-bond donors (Lipinski definition) is 2. The van der Waals surface area contributed by atoms with Crippen LogP contribution in [0.2, 0.25) is 0 Å². The summed E-state index contributed by atoms with van der Waals surface area (Å²) in [6.45, 7) is 2.62. The highest BCUT2D eigenvalue weighted by atomic mass is 19.4. The molecule has 3 aromatic rings. The van der Waals surface area contributed by atoms with Gasteiger partial charge >= 0.3 is 6.18 Å². The van der Waals surface area contributed by atoms with Gasteiger partial charge in [0, 0.05) is 29.9 Å². The zero-order valence-electron chi connectivity index (χ0n) is 19.0. The molecule has 3 N–H and O–H groups in total. The molecule has 0 saturated carbocycles. The normalized spacial score (nSPS) is 15.2. The zero-order valence-corrected chi connectivity index (χ0v) is 19.0. The number of piperidine rings is 1. The first-order chi connectivity index (χ1) is 16.7. The first-order valence-electron chi connectivity index (χ1n) is 11.3. The van der Waals surface area contributed by atoms with Crippen LogP contribution in [0, 0.1) is 5.92 Å². The third-order valence-electron chi connectivity index (χ3n) is 6.19. The molecule has 1 aliphatic heterocycles. The average molecular weight is 486 g/mol. The summed E-state index contributed by atoms with van der Waals surface area (Å²) in [7, 11) is 0. The predicted octanol–water partition coefficient (Wildman–Crippen LogP) is 3.88. The molecule has 184 valence electrons. The highest BCUT2D eigenvalue weighted by Gasteiger charge is 2.33. The Bertz CT molecular complexity index is 1170. The molecule has 1 aliphatic rings. The van der Waals surface area contributed by atoms with Crippen molar-refractivity contribution in [3.05, 3.63) is 77.6 Å². The van der Waals surface area contributed by atoms with Crippen LogP contribution in [0.15, 0.2) is 60.8 Å². The van der Waals surface area contributed by atoms with E-state index in [1.807, 2.05) is 24.3 Å². The van der Waals surface area contributed by atoms with E-state index in [1.165, 1.54) is 30.5 Å². The molecule has 0 bridgehead atoms. The SMILES string of the molecule is NC(=O)C1CCN(CCc2ccc(NC(=O)c3ccc(-n4ccc(C(F)(F)F)n4)cc3)cc2)CC1. The summed E-state index contributed by atoms with van der Waals surface area (Å²) in [6.07, 6.45) is -0.817. The second-order valence-corrected chi connectivity index (χ2v) is 8.61. The van der Waals surface area contributed by atoms with Gasteiger partial charge in [0.25, 0.3) is 5.91 Å². The van der Waals surface area contributed by atoms with E-state index in [-0.39, 0.29) is 17.7 Å². The molecule has 7 nitrogen and oxygen atoms in total. The van der Waals surface area contributed by atoms with E-state index in [0.29, 0.717) is 16.9 Å². The fourth-order valence-electron chi connectivity index (χ4n) is 4.07. The molecule has 4 rings (SSSR count). The van der Waals surface area contributed by atoms with Crippen LogP contribution in [-0.2, 0) is 17.4 Å². The number of likely N-dealkylation sites (tertiary alicyclic amines) is 1. The molecule has 1 fully saturated rings. The number of primary amides is 1. The number of amides is 2. The van der Waals surface area contributed by atoms with Gasteiger partial charge in [-0.2, -0.15) is 18.3 Å². The van der Waals surface area contributed by atoms with Crippen molar-refractivity contribution in [2.24, 2.45) is 11.7 Å². The number of carbonyl (C=O) groups is 2. The Morgan fingerprint density at radius 1 is 1.00 bits per heavy atom. The minimum absolute atomic E-state index is 0.0156. The topological polar surface area (TPSA) is 93.3 Å². The van der Waals surface area contributed by atoms with Gasteiger partial charge in [0.1, 0.15) is 0 Å². The van der Waals surface area contributed by atoms with E-state index in [1.54, 1.807) is 0 Å². The Kier molecular flexibility index (Phi) is 7.20. The zero-order chi connectivity index (χ0) is 25.0. The molecule has 10 heteroatoms. The third-order valence-corrected chi connectivity index (χ3v) is 6.19. The van der Waals surface area contributed by atoms with Gasteiger partial charge in [-0.25, -0.2) is 4.68 Å². The molecule has 2 heterocycles. The van der Waals surface area contributed by atoms with E-state index in [0.717, 1.165) is 55.2 Å². The standard InChI is InChI=1S/C25H26F3N5O2/c26-25(27,28)22-12-16-33(31-22)21-7-3-19(4-8-21)24(35)30-20-5-1-17(2-6-20)9-13-32-14-10-18(11-15-32)23(29)34/h1-8,12,16,18H,9-11,13-15H2,(H2,29,34)(H,30,35). The van der Waals surface area contributed by atoms with Gasteiger partial charge in [0.05, 0.1) is 5.69 Å². The number of carbonyl (C=O) groups excluding carboxylic acids is 2. The number of aromatic nitrogens is 2. The molecular formula is C25H26F3N5O2. The molecule has 2 amide bonds. The number of anilines is 1. The van der Waals surface area contributed by atoms with Crippen molar-refractivity contribution in [2.45, 2.75) is 25.4 Å². The summed E-state index contributed by atoms with van der Waals surface area (Å²) < 4.78 is 39.3. The van der Waals surface area contributed by atoms with E-state index >= 15 is 0 Å². The number of nitrogens with zero attached hydrogens (tertiary/aromatic N) is 3. The molecule has 1 aromatic heterocycles. The quantitative estimate of drug-likeness (QED) is 0.531. The Balaban J connectivity index is 1.28. The Morgan fingerprint density at radius 3 is 2.23 bits per heavy atom. The Hall–Kier alpha value is -3.66. The van der Waals surface area contributed by atoms with Gasteiger partial charge in [0.2, 0.25) is 5.91 Å². The van der Waals surface area contributed by atoms with Crippen molar-refractivity contribution in [1.82, 2.24) is 14.7 Å². The van der Waals surface area contributed by atoms with Crippen LogP contribution >= 0.6 is 0 Å². The summed E-state index contributed by atoms with van der Waals surface area (Å²) in [6, 6.07) is 14.7. The Morgan fingerprint density at radius 2 is 1.66 bits per heavy atom. The van der Waals surface area contributed by atoms with Gasteiger partial charge in [-0.15, -0.1) is 0 Å². The number of alkyl halides is 3. The van der Waals surface area contributed by atoms with Crippen LogP contribution in [0.25, 0.3) is 5.69 Å². The molecule has 0 radical (unpaired) electrons. The molecule has 0 spiro atoms. The van der Waals surface area contributed by atoms with Crippen molar-refractivity contribution >= 4 is 17.5 Å². The van der Waals surface area contributed by atoms with E-state index < -0.39 is 11.9 Å². The van der Waals surface area contributed by atoms with Gasteiger partial charge in [0.15, 0.2) is 5.69 Å². The molecule has 1 saturated heterocycles. The molecule has 0 unspecified atom stereocenters. The number of benzene rings is 2. The average Bonchev–Trinajstić information content (AvgIpc) is 3.35. The lowest BCUT2D eigenvalue weighted by atomic mass is 9.96. The van der Waals surface area contributed by atoms with Crippen LogP contribution in [0.5, 0.6) is 0 Å². The maximum Gasteiger partial charge on any atom is 0.435 e. The van der Waals surface area contributed by atoms with Crippen LogP contribution in [-0.4, -0.2) is 46.1 Å². The lowest BCUT2D eigenvalue weighted by molar-refractivity contribution is -0.141. The molecule has 0 aliphatic carbocycles. The summed E-state index contributed by atoms with van der Waals surface area (Å²) in [4.78, 5) is 26.2. The number of nitrogens with two attached hydrogens (primary N) is 1. The van der Waals surface area contributed by atoms with Crippen LogP contribution in [0.4, 0.5) is 18.9 Å². The van der Waals surface area contributed by atoms with Crippen LogP contribution < -0.4 is 11.1 Å². The van der Waals surface area contributed by atoms with E-state index in [9.17, 15) is 22.8 Å². The van der Waals surface area contributed by atoms with Crippen molar-refractivity contribution in [3.8, 4) is 5.69 Å². The summed E-state index contributed by atoms with van der Waals surface area (Å²) in [5.41, 5.74) is 6.98. The number of rotatable bonds is 7. The van der Waals surface area contributed by atoms with Gasteiger partial charge < -0.3 is 16.0 Å². The van der Waals surface area contributed by atoms with Crippen LogP contribution in [0.3, 0.4) is 0 Å². The van der Waals surface area contributed by atoms with Crippen LogP contribution in [0.1, 0.15) is 34.5 Å². The van der Waals surface area contributed by atoms with E-state index in [2.05, 4.69) is 15.3 Å². The summed E-state index contributed by atoms with van der Waals surface area (Å²) >= 11 is 0. The maximum absolute atomic E-state index is 12.7. The number of halogens is 3.